The van der Waals surface area contributed by atoms with Crippen molar-refractivity contribution in [1.29, 1.82) is 0 Å². The molecule has 2 aromatic heterocycles. The summed E-state index contributed by atoms with van der Waals surface area (Å²) in [7, 11) is 0. The largest absolute Gasteiger partial charge is 0.335 e. The van der Waals surface area contributed by atoms with Gasteiger partial charge >= 0.3 is 5.69 Å². The van der Waals surface area contributed by atoms with Crippen LogP contribution in [-0.4, -0.2) is 19.5 Å². The van der Waals surface area contributed by atoms with Crippen molar-refractivity contribution in [2.75, 3.05) is 0 Å². The fraction of sp³-hybridized carbons (Fsp3) is 0.500. The summed E-state index contributed by atoms with van der Waals surface area (Å²) in [6.45, 7) is 4.06. The zero-order valence-electron chi connectivity index (χ0n) is 9.78. The molecule has 1 atom stereocenters. The van der Waals surface area contributed by atoms with Crippen molar-refractivity contribution in [2.24, 2.45) is 5.73 Å². The molecule has 0 bridgehead atoms. The number of nitrogens with zero attached hydrogens (tertiary/aromatic N) is 2. The first kappa shape index (κ1) is 11.6. The molecule has 92 valence electrons. The summed E-state index contributed by atoms with van der Waals surface area (Å²) in [5, 5.41) is 0. The zero-order chi connectivity index (χ0) is 12.6. The topological polar surface area (TPSA) is 110 Å². The molecule has 17 heavy (non-hydrogen) atoms. The van der Waals surface area contributed by atoms with Gasteiger partial charge in [-0.2, -0.15) is 0 Å². The molecule has 4 N–H and O–H groups in total. The molecular weight excluding hydrogens is 222 g/mol. The number of nitrogens with two attached hydrogens (primary N) is 1. The van der Waals surface area contributed by atoms with Gasteiger partial charge < -0.3 is 10.7 Å². The second-order valence-corrected chi connectivity index (χ2v) is 3.97. The smallest absolute Gasteiger partial charge is 0.330 e. The van der Waals surface area contributed by atoms with Crippen molar-refractivity contribution in [1.82, 2.24) is 19.5 Å². The van der Waals surface area contributed by atoms with E-state index in [0.717, 1.165) is 6.42 Å². The van der Waals surface area contributed by atoms with Crippen LogP contribution < -0.4 is 17.0 Å². The first-order valence-corrected chi connectivity index (χ1v) is 5.52. The molecule has 0 aliphatic rings. The Balaban J connectivity index is 2.86. The Morgan fingerprint density at radius 2 is 2.12 bits per heavy atom. The lowest BCUT2D eigenvalue weighted by atomic mass is 10.2. The highest BCUT2D eigenvalue weighted by atomic mass is 16.2. The highest BCUT2D eigenvalue weighted by Gasteiger charge is 2.15. The number of imidazole rings is 1. The van der Waals surface area contributed by atoms with Crippen LogP contribution >= 0.6 is 0 Å². The highest BCUT2D eigenvalue weighted by Crippen LogP contribution is 2.12. The maximum absolute atomic E-state index is 11.8. The fourth-order valence-electron chi connectivity index (χ4n) is 1.75. The number of fused-ring (bicyclic) bond motifs is 1. The van der Waals surface area contributed by atoms with E-state index >= 15 is 0 Å². The molecule has 2 rings (SSSR count). The molecule has 0 aliphatic carbocycles. The molecule has 2 aromatic rings. The highest BCUT2D eigenvalue weighted by molar-refractivity contribution is 5.69. The molecule has 0 saturated heterocycles. The number of aromatic nitrogens is 4. The molecule has 1 unspecified atom stereocenters. The number of hydrogen-bond donors (Lipinski definition) is 3. The molecule has 0 aromatic carbocycles. The maximum Gasteiger partial charge on any atom is 0.330 e. The van der Waals surface area contributed by atoms with Gasteiger partial charge in [-0.3, -0.25) is 14.3 Å². The molecule has 0 radical (unpaired) electrons. The van der Waals surface area contributed by atoms with Crippen LogP contribution in [0.4, 0.5) is 0 Å². The molecular formula is C10H15N5O2. The second kappa shape index (κ2) is 4.17. The van der Waals surface area contributed by atoms with Gasteiger partial charge in [0.15, 0.2) is 5.65 Å². The van der Waals surface area contributed by atoms with E-state index in [-0.39, 0.29) is 12.6 Å². The first-order chi connectivity index (χ1) is 8.08. The minimum atomic E-state index is -0.461. The van der Waals surface area contributed by atoms with Gasteiger partial charge in [0.1, 0.15) is 11.3 Å². The van der Waals surface area contributed by atoms with Gasteiger partial charge in [-0.25, -0.2) is 9.78 Å². The van der Waals surface area contributed by atoms with Crippen LogP contribution in [-0.2, 0) is 6.54 Å². The standard InChI is InChI=1S/C10H15N5O2/c1-3-5(2)15-8-7(9(16)14-10(15)17)12-6(4-11)13-8/h5H,3-4,11H2,1-2H3,(H,12,13)(H,14,16,17). The van der Waals surface area contributed by atoms with Gasteiger partial charge in [0, 0.05) is 6.04 Å². The Bertz CT molecular complexity index is 651. The Morgan fingerprint density at radius 1 is 1.41 bits per heavy atom. The van der Waals surface area contributed by atoms with E-state index in [9.17, 15) is 9.59 Å². The monoisotopic (exact) mass is 237 g/mol. The SMILES string of the molecule is CCC(C)n1c(=O)[nH]c(=O)c2[nH]c(CN)nc21. The predicted molar refractivity (Wildman–Crippen MR) is 63.9 cm³/mol. The normalized spacial score (nSPS) is 13.1. The van der Waals surface area contributed by atoms with E-state index < -0.39 is 11.2 Å². The summed E-state index contributed by atoms with van der Waals surface area (Å²) < 4.78 is 1.48. The molecule has 0 amide bonds. The van der Waals surface area contributed by atoms with Crippen molar-refractivity contribution in [3.63, 3.8) is 0 Å². The number of hydrogen-bond acceptors (Lipinski definition) is 4. The van der Waals surface area contributed by atoms with Crippen LogP contribution in [0.1, 0.15) is 32.1 Å². The Labute approximate surface area is 96.7 Å². The van der Waals surface area contributed by atoms with Crippen molar-refractivity contribution in [2.45, 2.75) is 32.9 Å². The summed E-state index contributed by atoms with van der Waals surface area (Å²) in [5.74, 6) is 0.494. The third kappa shape index (κ3) is 1.78. The number of H-pyrrole nitrogens is 2. The summed E-state index contributed by atoms with van der Waals surface area (Å²) in [6, 6.07) is -0.0317. The summed E-state index contributed by atoms with van der Waals surface area (Å²) in [6.07, 6.45) is 0.770. The van der Waals surface area contributed by atoms with E-state index in [2.05, 4.69) is 15.0 Å². The minimum Gasteiger partial charge on any atom is -0.335 e. The van der Waals surface area contributed by atoms with Crippen molar-refractivity contribution < 1.29 is 0 Å². The van der Waals surface area contributed by atoms with Crippen LogP contribution in [0.3, 0.4) is 0 Å². The fourth-order valence-corrected chi connectivity index (χ4v) is 1.75. The van der Waals surface area contributed by atoms with E-state index in [1.54, 1.807) is 0 Å². The molecule has 0 aliphatic heterocycles. The Morgan fingerprint density at radius 3 is 2.71 bits per heavy atom. The van der Waals surface area contributed by atoms with E-state index in [0.29, 0.717) is 17.0 Å². The maximum atomic E-state index is 11.8. The quantitative estimate of drug-likeness (QED) is 0.689. The summed E-state index contributed by atoms with van der Waals surface area (Å²) in [5.41, 5.74) is 5.23. The van der Waals surface area contributed by atoms with Gasteiger partial charge in [-0.1, -0.05) is 6.92 Å². The summed E-state index contributed by atoms with van der Waals surface area (Å²) >= 11 is 0. The van der Waals surface area contributed by atoms with Crippen LogP contribution in [0.2, 0.25) is 0 Å². The van der Waals surface area contributed by atoms with Crippen LogP contribution in [0.5, 0.6) is 0 Å². The van der Waals surface area contributed by atoms with Crippen molar-refractivity contribution in [3.05, 3.63) is 26.7 Å². The lowest BCUT2D eigenvalue weighted by Crippen LogP contribution is -2.32. The Hall–Kier alpha value is -1.89. The number of aromatic amines is 2. The van der Waals surface area contributed by atoms with Gasteiger partial charge in [-0.15, -0.1) is 0 Å². The average Bonchev–Trinajstić information content (AvgIpc) is 2.72. The molecule has 0 saturated carbocycles. The zero-order valence-corrected chi connectivity index (χ0v) is 9.78. The van der Waals surface area contributed by atoms with Gasteiger partial charge in [0.2, 0.25) is 0 Å². The molecule has 0 fully saturated rings. The van der Waals surface area contributed by atoms with E-state index in [1.165, 1.54) is 4.57 Å². The predicted octanol–water partition coefficient (Wildman–Crippen LogP) is -0.157. The molecule has 0 spiro atoms. The average molecular weight is 237 g/mol. The van der Waals surface area contributed by atoms with Crippen LogP contribution in [0.15, 0.2) is 9.59 Å². The third-order valence-corrected chi connectivity index (χ3v) is 2.85. The first-order valence-electron chi connectivity index (χ1n) is 5.52. The van der Waals surface area contributed by atoms with Gasteiger partial charge in [-0.05, 0) is 13.3 Å². The van der Waals surface area contributed by atoms with Crippen LogP contribution in [0.25, 0.3) is 11.2 Å². The Kier molecular flexibility index (Phi) is 2.84. The number of nitrogens with one attached hydrogen (secondary N) is 2. The van der Waals surface area contributed by atoms with Crippen molar-refractivity contribution in [3.8, 4) is 0 Å². The van der Waals surface area contributed by atoms with E-state index in [1.807, 2.05) is 13.8 Å². The van der Waals surface area contributed by atoms with Crippen molar-refractivity contribution >= 4 is 11.2 Å². The lowest BCUT2D eigenvalue weighted by Gasteiger charge is -2.12. The minimum absolute atomic E-state index is 0.0317. The number of rotatable bonds is 3. The van der Waals surface area contributed by atoms with E-state index in [4.69, 9.17) is 5.73 Å². The molecule has 7 nitrogen and oxygen atoms in total. The molecule has 2 heterocycles. The molecule has 7 heteroatoms. The summed E-state index contributed by atoms with van der Waals surface area (Å²) in [4.78, 5) is 32.7. The van der Waals surface area contributed by atoms with Crippen LogP contribution in [0, 0.1) is 0 Å². The van der Waals surface area contributed by atoms with Gasteiger partial charge in [0.25, 0.3) is 5.56 Å². The second-order valence-electron chi connectivity index (χ2n) is 3.97. The third-order valence-electron chi connectivity index (χ3n) is 2.85. The van der Waals surface area contributed by atoms with Gasteiger partial charge in [0.05, 0.1) is 6.54 Å². The lowest BCUT2D eigenvalue weighted by molar-refractivity contribution is 0.517.